The van der Waals surface area contributed by atoms with Gasteiger partial charge in [-0.15, -0.1) is 0 Å². The second-order valence-corrected chi connectivity index (χ2v) is 8.31. The van der Waals surface area contributed by atoms with Crippen LogP contribution < -0.4 is 10.9 Å². The summed E-state index contributed by atoms with van der Waals surface area (Å²) in [5.41, 5.74) is 3.66. The van der Waals surface area contributed by atoms with Gasteiger partial charge in [-0.3, -0.25) is 14.6 Å². The molecule has 5 rings (SSSR count). The molecule has 176 valence electrons. The van der Waals surface area contributed by atoms with Crippen molar-refractivity contribution in [1.82, 2.24) is 24.9 Å². The Hall–Kier alpha value is -4.37. The number of halogens is 1. The third-order valence-electron chi connectivity index (χ3n) is 5.95. The Morgan fingerprint density at radius 2 is 2.00 bits per heavy atom. The van der Waals surface area contributed by atoms with Gasteiger partial charge in [0.05, 0.1) is 23.4 Å². The fourth-order valence-electron chi connectivity index (χ4n) is 4.08. The van der Waals surface area contributed by atoms with Crippen molar-refractivity contribution in [3.05, 3.63) is 100.0 Å². The van der Waals surface area contributed by atoms with E-state index < -0.39 is 23.3 Å². The first kappa shape index (κ1) is 22.4. The molecule has 2 aromatic carbocycles. The van der Waals surface area contributed by atoms with Gasteiger partial charge in [-0.25, -0.2) is 8.91 Å². The highest BCUT2D eigenvalue weighted by atomic mass is 19.1. The van der Waals surface area contributed by atoms with Crippen LogP contribution in [0.4, 0.5) is 4.39 Å². The summed E-state index contributed by atoms with van der Waals surface area (Å²) in [5, 5.41) is 17.5. The molecule has 0 aliphatic rings. The van der Waals surface area contributed by atoms with Gasteiger partial charge in [-0.1, -0.05) is 24.3 Å². The molecule has 35 heavy (non-hydrogen) atoms. The summed E-state index contributed by atoms with van der Waals surface area (Å²) >= 11 is 0. The molecule has 0 saturated heterocycles. The van der Waals surface area contributed by atoms with Crippen molar-refractivity contribution >= 4 is 22.3 Å². The van der Waals surface area contributed by atoms with Crippen LogP contribution in [0.5, 0.6) is 0 Å². The number of nitrogens with one attached hydrogen (secondary N) is 2. The first-order valence-corrected chi connectivity index (χ1v) is 11.1. The molecule has 3 N–H and O–H groups in total. The van der Waals surface area contributed by atoms with Crippen molar-refractivity contribution in [3.8, 4) is 11.3 Å². The standard InChI is InChI=1S/C26H22FN5O3/c1-15-3-2-4-21-19(15)11-17(13-28-21)23-14-32-24(26(35)30-23)12-22(31-32)25(34)29-20(9-10-33)16-5-7-18(27)8-6-16/h2-8,11-14,20,33H,9-10H2,1H3,(H,29,34)(H,30,35)/t20-/m1/s1. The molecule has 3 aromatic heterocycles. The second kappa shape index (κ2) is 9.11. The molecule has 5 aromatic rings. The van der Waals surface area contributed by atoms with Crippen LogP contribution in [-0.2, 0) is 0 Å². The number of aryl methyl sites for hydroxylation is 1. The van der Waals surface area contributed by atoms with Gasteiger partial charge in [0.2, 0.25) is 0 Å². The number of aliphatic hydroxyl groups is 1. The van der Waals surface area contributed by atoms with Crippen molar-refractivity contribution in [2.24, 2.45) is 0 Å². The van der Waals surface area contributed by atoms with E-state index in [2.05, 4.69) is 20.4 Å². The smallest absolute Gasteiger partial charge is 0.274 e. The minimum atomic E-state index is -0.543. The van der Waals surface area contributed by atoms with Crippen LogP contribution in [0.2, 0.25) is 0 Å². The van der Waals surface area contributed by atoms with Crippen LogP contribution in [-0.4, -0.2) is 37.2 Å². The van der Waals surface area contributed by atoms with Gasteiger partial charge in [-0.2, -0.15) is 5.10 Å². The van der Waals surface area contributed by atoms with Gasteiger partial charge in [0.15, 0.2) is 5.69 Å². The monoisotopic (exact) mass is 471 g/mol. The Labute approximate surface area is 199 Å². The van der Waals surface area contributed by atoms with Crippen molar-refractivity contribution in [2.45, 2.75) is 19.4 Å². The van der Waals surface area contributed by atoms with E-state index in [-0.39, 0.29) is 24.2 Å². The number of benzene rings is 2. The largest absolute Gasteiger partial charge is 0.396 e. The van der Waals surface area contributed by atoms with Gasteiger partial charge in [0, 0.05) is 29.8 Å². The van der Waals surface area contributed by atoms with E-state index in [9.17, 15) is 19.1 Å². The van der Waals surface area contributed by atoms with E-state index in [1.807, 2.05) is 31.2 Å². The molecule has 0 radical (unpaired) electrons. The van der Waals surface area contributed by atoms with Crippen molar-refractivity contribution in [1.29, 1.82) is 0 Å². The molecule has 0 aliphatic heterocycles. The number of carbonyl (C=O) groups is 1. The number of pyridine rings is 1. The lowest BCUT2D eigenvalue weighted by molar-refractivity contribution is 0.0924. The minimum absolute atomic E-state index is 0.0465. The number of aliphatic hydroxyl groups excluding tert-OH is 1. The topological polar surface area (TPSA) is 112 Å². The van der Waals surface area contributed by atoms with E-state index in [1.54, 1.807) is 24.5 Å². The Balaban J connectivity index is 1.47. The zero-order valence-electron chi connectivity index (χ0n) is 18.8. The Morgan fingerprint density at radius 3 is 2.77 bits per heavy atom. The van der Waals surface area contributed by atoms with E-state index in [4.69, 9.17) is 0 Å². The molecule has 0 spiro atoms. The molecular formula is C26H22FN5O3. The highest BCUT2D eigenvalue weighted by Crippen LogP contribution is 2.23. The van der Waals surface area contributed by atoms with Crippen LogP contribution in [0.3, 0.4) is 0 Å². The first-order valence-electron chi connectivity index (χ1n) is 11.1. The number of carbonyl (C=O) groups excluding carboxylic acids is 1. The number of H-pyrrole nitrogens is 1. The van der Waals surface area contributed by atoms with Gasteiger partial charge in [0.25, 0.3) is 11.5 Å². The summed E-state index contributed by atoms with van der Waals surface area (Å²) in [5.74, 6) is -0.907. The lowest BCUT2D eigenvalue weighted by Crippen LogP contribution is -2.29. The number of nitrogens with zero attached hydrogens (tertiary/aromatic N) is 3. The van der Waals surface area contributed by atoms with Gasteiger partial charge in [0.1, 0.15) is 11.3 Å². The average molecular weight is 471 g/mol. The number of amides is 1. The van der Waals surface area contributed by atoms with Crippen LogP contribution in [0, 0.1) is 12.7 Å². The van der Waals surface area contributed by atoms with Crippen molar-refractivity contribution in [3.63, 3.8) is 0 Å². The minimum Gasteiger partial charge on any atom is -0.396 e. The third kappa shape index (κ3) is 4.41. The van der Waals surface area contributed by atoms with Crippen LogP contribution in [0.25, 0.3) is 27.7 Å². The van der Waals surface area contributed by atoms with E-state index in [1.165, 1.54) is 22.7 Å². The molecule has 8 nitrogen and oxygen atoms in total. The summed E-state index contributed by atoms with van der Waals surface area (Å²) in [4.78, 5) is 33.0. The molecular weight excluding hydrogens is 449 g/mol. The van der Waals surface area contributed by atoms with Crippen LogP contribution in [0.1, 0.15) is 34.1 Å². The SMILES string of the molecule is Cc1cccc2ncc(-c3cn4nc(C(=O)N[C@H](CCO)c5ccc(F)cc5)cc4c(=O)[nH]3)cc12. The highest BCUT2D eigenvalue weighted by molar-refractivity contribution is 5.94. The number of hydrogen-bond acceptors (Lipinski definition) is 5. The zero-order valence-corrected chi connectivity index (χ0v) is 18.8. The van der Waals surface area contributed by atoms with Crippen LogP contribution >= 0.6 is 0 Å². The predicted octanol–water partition coefficient (Wildman–Crippen LogP) is 3.54. The molecule has 1 atom stereocenters. The maximum Gasteiger partial charge on any atom is 0.274 e. The Bertz CT molecular complexity index is 1610. The number of aromatic nitrogens is 4. The predicted molar refractivity (Wildman–Crippen MR) is 130 cm³/mol. The highest BCUT2D eigenvalue weighted by Gasteiger charge is 2.19. The molecule has 3 heterocycles. The van der Waals surface area contributed by atoms with Crippen molar-refractivity contribution in [2.75, 3.05) is 6.61 Å². The molecule has 9 heteroatoms. The number of rotatable bonds is 6. The normalized spacial score (nSPS) is 12.2. The maximum atomic E-state index is 13.3. The molecule has 0 unspecified atom stereocenters. The fraction of sp³-hybridized carbons (Fsp3) is 0.154. The summed E-state index contributed by atoms with van der Waals surface area (Å²) in [6.07, 6.45) is 3.56. The molecule has 0 saturated carbocycles. The second-order valence-electron chi connectivity index (χ2n) is 8.31. The van der Waals surface area contributed by atoms with E-state index in [0.29, 0.717) is 16.8 Å². The van der Waals surface area contributed by atoms with Crippen LogP contribution in [0.15, 0.2) is 71.8 Å². The lowest BCUT2D eigenvalue weighted by atomic mass is 10.0. The molecule has 0 aliphatic carbocycles. The first-order chi connectivity index (χ1) is 16.9. The zero-order chi connectivity index (χ0) is 24.5. The van der Waals surface area contributed by atoms with Gasteiger partial charge in [-0.05, 0) is 48.7 Å². The van der Waals surface area contributed by atoms with Crippen molar-refractivity contribution < 1.29 is 14.3 Å². The molecule has 0 bridgehead atoms. The fourth-order valence-corrected chi connectivity index (χ4v) is 4.08. The van der Waals surface area contributed by atoms with E-state index >= 15 is 0 Å². The third-order valence-corrected chi connectivity index (χ3v) is 5.95. The van der Waals surface area contributed by atoms with Gasteiger partial charge < -0.3 is 15.4 Å². The molecule has 0 fully saturated rings. The average Bonchev–Trinajstić information content (AvgIpc) is 3.30. The molecule has 1 amide bonds. The lowest BCUT2D eigenvalue weighted by Gasteiger charge is -2.17. The summed E-state index contributed by atoms with van der Waals surface area (Å²) in [6, 6.07) is 14.4. The maximum absolute atomic E-state index is 13.3. The number of aromatic amines is 1. The number of fused-ring (bicyclic) bond motifs is 2. The van der Waals surface area contributed by atoms with E-state index in [0.717, 1.165) is 16.5 Å². The Kier molecular flexibility index (Phi) is 5.84. The number of hydrogen-bond donors (Lipinski definition) is 3. The van der Waals surface area contributed by atoms with Gasteiger partial charge >= 0.3 is 0 Å². The summed E-state index contributed by atoms with van der Waals surface area (Å²) < 4.78 is 14.7. The quantitative estimate of drug-likeness (QED) is 0.351. The summed E-state index contributed by atoms with van der Waals surface area (Å²) in [6.45, 7) is 1.82. The Morgan fingerprint density at radius 1 is 1.20 bits per heavy atom. The summed E-state index contributed by atoms with van der Waals surface area (Å²) in [7, 11) is 0.